The van der Waals surface area contributed by atoms with Crippen molar-refractivity contribution in [2.24, 2.45) is 5.84 Å². The maximum Gasteiger partial charge on any atom is 0.148 e. The fourth-order valence-electron chi connectivity index (χ4n) is 2.27. The lowest BCUT2D eigenvalue weighted by atomic mass is 9.91. The molecule has 1 aromatic rings. The smallest absolute Gasteiger partial charge is 0.148 e. The molecule has 5 nitrogen and oxygen atoms in total. The molecule has 1 heterocycles. The van der Waals surface area contributed by atoms with E-state index in [-0.39, 0.29) is 5.41 Å². The number of nitrogens with two attached hydrogens (primary N) is 1. The summed E-state index contributed by atoms with van der Waals surface area (Å²) in [4.78, 5) is 11.6. The van der Waals surface area contributed by atoms with Crippen LogP contribution < -0.4 is 16.2 Å². The van der Waals surface area contributed by atoms with E-state index in [0.717, 1.165) is 23.0 Å². The van der Waals surface area contributed by atoms with E-state index < -0.39 is 0 Å². The molecule has 1 aliphatic carbocycles. The van der Waals surface area contributed by atoms with Crippen LogP contribution in [0.25, 0.3) is 0 Å². The Bertz CT molecular complexity index is 460. The van der Waals surface area contributed by atoms with Gasteiger partial charge in [0.1, 0.15) is 17.5 Å². The molecular formula is C14H25N5. The Morgan fingerprint density at radius 2 is 1.89 bits per heavy atom. The van der Waals surface area contributed by atoms with Gasteiger partial charge in [-0.25, -0.2) is 15.8 Å². The summed E-state index contributed by atoms with van der Waals surface area (Å²) in [6.07, 6.45) is 3.81. The van der Waals surface area contributed by atoms with Crippen LogP contribution in [0.4, 0.5) is 11.6 Å². The lowest BCUT2D eigenvalue weighted by Crippen LogP contribution is -2.38. The van der Waals surface area contributed by atoms with Crippen LogP contribution in [0.15, 0.2) is 0 Å². The Kier molecular flexibility index (Phi) is 3.67. The highest BCUT2D eigenvalue weighted by molar-refractivity contribution is 5.58. The average Bonchev–Trinajstić information content (AvgIpc) is 2.25. The molecular weight excluding hydrogens is 238 g/mol. The van der Waals surface area contributed by atoms with Crippen LogP contribution >= 0.6 is 0 Å². The summed E-state index contributed by atoms with van der Waals surface area (Å²) >= 11 is 0. The van der Waals surface area contributed by atoms with Crippen LogP contribution in [-0.2, 0) is 5.41 Å². The van der Waals surface area contributed by atoms with E-state index >= 15 is 0 Å². The molecule has 3 N–H and O–H groups in total. The molecule has 1 saturated carbocycles. The van der Waals surface area contributed by atoms with E-state index in [1.807, 2.05) is 6.92 Å². The summed E-state index contributed by atoms with van der Waals surface area (Å²) < 4.78 is 0. The minimum Gasteiger partial charge on any atom is -0.356 e. The summed E-state index contributed by atoms with van der Waals surface area (Å²) in [7, 11) is 2.12. The van der Waals surface area contributed by atoms with Gasteiger partial charge in [-0.3, -0.25) is 0 Å². The second kappa shape index (κ2) is 4.96. The van der Waals surface area contributed by atoms with Crippen LogP contribution in [0.5, 0.6) is 0 Å². The molecule has 2 rings (SSSR count). The minimum absolute atomic E-state index is 0.0888. The fraction of sp³-hybridized carbons (Fsp3) is 0.714. The van der Waals surface area contributed by atoms with Gasteiger partial charge >= 0.3 is 0 Å². The Morgan fingerprint density at radius 3 is 2.32 bits per heavy atom. The summed E-state index contributed by atoms with van der Waals surface area (Å²) in [5, 5.41) is 0. The van der Waals surface area contributed by atoms with Crippen molar-refractivity contribution >= 4 is 11.6 Å². The molecule has 0 bridgehead atoms. The Hall–Kier alpha value is -1.36. The summed E-state index contributed by atoms with van der Waals surface area (Å²) in [5.74, 6) is 8.14. The van der Waals surface area contributed by atoms with Gasteiger partial charge in [0.05, 0.1) is 0 Å². The third kappa shape index (κ3) is 2.66. The van der Waals surface area contributed by atoms with Gasteiger partial charge in [-0.15, -0.1) is 0 Å². The zero-order valence-corrected chi connectivity index (χ0v) is 12.6. The lowest BCUT2D eigenvalue weighted by molar-refractivity contribution is 0.398. The normalized spacial score (nSPS) is 16.1. The average molecular weight is 263 g/mol. The van der Waals surface area contributed by atoms with Crippen molar-refractivity contribution in [1.29, 1.82) is 0 Å². The van der Waals surface area contributed by atoms with E-state index in [1.165, 1.54) is 19.3 Å². The summed E-state index contributed by atoms with van der Waals surface area (Å²) in [6.45, 7) is 8.37. The van der Waals surface area contributed by atoms with Crippen molar-refractivity contribution in [2.75, 3.05) is 17.4 Å². The number of hydrogen-bond donors (Lipinski definition) is 2. The fourth-order valence-corrected chi connectivity index (χ4v) is 2.27. The minimum atomic E-state index is -0.0888. The molecule has 0 spiro atoms. The van der Waals surface area contributed by atoms with Gasteiger partial charge in [-0.05, 0) is 26.2 Å². The predicted octanol–water partition coefficient (Wildman–Crippen LogP) is 2.36. The zero-order chi connectivity index (χ0) is 14.2. The molecule has 0 amide bonds. The van der Waals surface area contributed by atoms with E-state index in [9.17, 15) is 0 Å². The van der Waals surface area contributed by atoms with Crippen LogP contribution in [0.3, 0.4) is 0 Å². The van der Waals surface area contributed by atoms with E-state index in [4.69, 9.17) is 10.8 Å². The predicted molar refractivity (Wildman–Crippen MR) is 79.3 cm³/mol. The number of nitrogens with zero attached hydrogens (tertiary/aromatic N) is 3. The van der Waals surface area contributed by atoms with Crippen molar-refractivity contribution in [2.45, 2.75) is 58.4 Å². The standard InChI is InChI=1S/C14H25N5/c1-9-11(18-15)16-13(14(2,3)4)17-12(9)19(5)10-7-6-8-10/h10H,6-8,15H2,1-5H3,(H,16,17,18). The lowest BCUT2D eigenvalue weighted by Gasteiger charge is -2.37. The molecule has 0 saturated heterocycles. The number of anilines is 2. The highest BCUT2D eigenvalue weighted by atomic mass is 15.3. The highest BCUT2D eigenvalue weighted by Crippen LogP contribution is 2.32. The maximum absolute atomic E-state index is 5.60. The first-order chi connectivity index (χ1) is 8.84. The molecule has 1 fully saturated rings. The van der Waals surface area contributed by atoms with Gasteiger partial charge in [-0.1, -0.05) is 20.8 Å². The number of aromatic nitrogens is 2. The number of nitrogens with one attached hydrogen (secondary N) is 1. The van der Waals surface area contributed by atoms with Crippen LogP contribution in [0.1, 0.15) is 51.4 Å². The van der Waals surface area contributed by atoms with Crippen molar-refractivity contribution in [3.63, 3.8) is 0 Å². The Morgan fingerprint density at radius 1 is 1.26 bits per heavy atom. The van der Waals surface area contributed by atoms with Gasteiger partial charge in [0, 0.05) is 24.1 Å². The largest absolute Gasteiger partial charge is 0.356 e. The summed E-state index contributed by atoms with van der Waals surface area (Å²) in [6, 6.07) is 0.604. The van der Waals surface area contributed by atoms with Gasteiger partial charge in [0.2, 0.25) is 0 Å². The molecule has 5 heteroatoms. The second-order valence-corrected chi connectivity index (χ2v) is 6.43. The molecule has 0 atom stereocenters. The number of hydrazine groups is 1. The van der Waals surface area contributed by atoms with Crippen molar-refractivity contribution in [1.82, 2.24) is 9.97 Å². The van der Waals surface area contributed by atoms with Gasteiger partial charge in [0.25, 0.3) is 0 Å². The van der Waals surface area contributed by atoms with E-state index in [2.05, 4.69) is 43.1 Å². The first-order valence-corrected chi connectivity index (χ1v) is 6.93. The van der Waals surface area contributed by atoms with Crippen molar-refractivity contribution in [3.05, 3.63) is 11.4 Å². The second-order valence-electron chi connectivity index (χ2n) is 6.43. The van der Waals surface area contributed by atoms with Crippen LogP contribution in [-0.4, -0.2) is 23.1 Å². The molecule has 0 unspecified atom stereocenters. The van der Waals surface area contributed by atoms with Gasteiger partial charge in [-0.2, -0.15) is 0 Å². The molecule has 1 aliphatic rings. The first-order valence-electron chi connectivity index (χ1n) is 6.93. The molecule has 0 aromatic carbocycles. The maximum atomic E-state index is 5.60. The third-order valence-corrected chi connectivity index (χ3v) is 3.88. The van der Waals surface area contributed by atoms with Crippen LogP contribution in [0, 0.1) is 6.92 Å². The van der Waals surface area contributed by atoms with Crippen LogP contribution in [0.2, 0.25) is 0 Å². The quantitative estimate of drug-likeness (QED) is 0.647. The topological polar surface area (TPSA) is 67.1 Å². The molecule has 106 valence electrons. The molecule has 19 heavy (non-hydrogen) atoms. The number of hydrogen-bond acceptors (Lipinski definition) is 5. The highest BCUT2D eigenvalue weighted by Gasteiger charge is 2.27. The van der Waals surface area contributed by atoms with Gasteiger partial charge in [0.15, 0.2) is 0 Å². The van der Waals surface area contributed by atoms with E-state index in [0.29, 0.717) is 6.04 Å². The molecule has 0 radical (unpaired) electrons. The third-order valence-electron chi connectivity index (χ3n) is 3.88. The van der Waals surface area contributed by atoms with Gasteiger partial charge < -0.3 is 10.3 Å². The zero-order valence-electron chi connectivity index (χ0n) is 12.6. The Labute approximate surface area is 115 Å². The summed E-state index contributed by atoms with van der Waals surface area (Å²) in [5.41, 5.74) is 3.63. The molecule has 1 aromatic heterocycles. The Balaban J connectivity index is 2.45. The molecule has 0 aliphatic heterocycles. The SMILES string of the molecule is Cc1c(NN)nc(C(C)(C)C)nc1N(C)C1CCC1. The van der Waals surface area contributed by atoms with E-state index in [1.54, 1.807) is 0 Å². The monoisotopic (exact) mass is 263 g/mol. The van der Waals surface area contributed by atoms with Crippen molar-refractivity contribution < 1.29 is 0 Å². The number of nitrogen functional groups attached to an aromatic ring is 1. The van der Waals surface area contributed by atoms with Crippen molar-refractivity contribution in [3.8, 4) is 0 Å². The first kappa shape index (κ1) is 14.1. The number of rotatable bonds is 3.